The molecule has 0 radical (unpaired) electrons. The van der Waals surface area contributed by atoms with Gasteiger partial charge in [-0.1, -0.05) is 325 Å². The Morgan fingerprint density at radius 1 is 0.316 bits per heavy atom. The molecule has 2 unspecified atom stereocenters. The van der Waals surface area contributed by atoms with E-state index < -0.39 is 24.3 Å². The van der Waals surface area contributed by atoms with Gasteiger partial charge in [-0.3, -0.25) is 9.59 Å². The van der Waals surface area contributed by atoms with Crippen molar-refractivity contribution in [1.82, 2.24) is 0 Å². The quantitative estimate of drug-likeness (QED) is 0.0195. The second-order valence-corrected chi connectivity index (χ2v) is 26.2. The maximum absolute atomic E-state index is 13.0. The Hall–Kier alpha value is -5.35. The standard InChI is InChI=1S/C86H141NO8/c1-6-8-10-12-14-16-18-20-22-24-26-28-30-32-34-36-37-38-39-40-41-42-43-44-45-46-47-49-51-53-55-57-59-61-63-65-67-69-71-73-75-77-84(89)95-82(81-94-86(85(90)91)92-79-78-87(3,4)5)80-93-83(88)76-74-72-70-68-66-64-62-60-58-56-54-52-50-48-35-33-31-29-27-25-23-21-19-17-15-13-11-9-7-2/h8-11,14-17,20-23,26-29,32-35,37-38,40-41,50,52,56,58,82,86H,6-7,12-13,18-19,24-25,30-31,36,39,42-49,51,53-55,57,59-81H2,1-5H3/b10-8-,11-9-,16-14-,17-15-,22-20-,23-21-,28-26-,29-27-,34-32-,35-33-,38-37-,41-40-,52-50-,58-56-. The minimum Gasteiger partial charge on any atom is -0.545 e. The highest BCUT2D eigenvalue weighted by Gasteiger charge is 2.22. The molecule has 95 heavy (non-hydrogen) atoms. The molecule has 0 N–H and O–H groups in total. The molecule has 9 nitrogen and oxygen atoms in total. The van der Waals surface area contributed by atoms with Crippen molar-refractivity contribution >= 4 is 17.9 Å². The minimum absolute atomic E-state index is 0.139. The maximum Gasteiger partial charge on any atom is 0.306 e. The molecule has 538 valence electrons. The molecule has 0 spiro atoms. The summed E-state index contributed by atoms with van der Waals surface area (Å²) in [5.74, 6) is -2.30. The van der Waals surface area contributed by atoms with Crippen LogP contribution in [0.2, 0.25) is 0 Å². The van der Waals surface area contributed by atoms with Gasteiger partial charge in [0.25, 0.3) is 0 Å². The number of quaternary nitrogens is 1. The molecule has 0 aliphatic heterocycles. The molecule has 0 rings (SSSR count). The summed E-state index contributed by atoms with van der Waals surface area (Å²) in [6, 6.07) is 0. The van der Waals surface area contributed by atoms with Gasteiger partial charge >= 0.3 is 11.9 Å². The van der Waals surface area contributed by atoms with Crippen LogP contribution < -0.4 is 5.11 Å². The summed E-state index contributed by atoms with van der Waals surface area (Å²) in [6.07, 6.45) is 109. The number of ether oxygens (including phenoxy) is 4. The average molecular weight is 1320 g/mol. The average Bonchev–Trinajstić information content (AvgIpc) is 3.54. The van der Waals surface area contributed by atoms with Gasteiger partial charge in [0.05, 0.1) is 40.3 Å². The Morgan fingerprint density at radius 2 is 0.568 bits per heavy atom. The number of hydrogen-bond donors (Lipinski definition) is 0. The Bertz CT molecular complexity index is 2170. The molecular formula is C86H141NO8. The van der Waals surface area contributed by atoms with E-state index in [0.717, 1.165) is 141 Å². The van der Waals surface area contributed by atoms with Gasteiger partial charge in [0, 0.05) is 12.8 Å². The number of nitrogens with zero attached hydrogens (tertiary/aromatic N) is 1. The molecule has 0 aromatic rings. The van der Waals surface area contributed by atoms with Gasteiger partial charge < -0.3 is 33.3 Å². The SMILES string of the molecule is CC/C=C\C/C=C\C/C=C\C/C=C\C/C=C\C/C=C\C/C=C\CCCCCCCCCCCCCCCCCCCCCC(=O)OC(COC(=O)CCCCCCCCC/C=C\C/C=C\C/C=C\C/C=C\C/C=C\C/C=C\C/C=C\CC)COC(OCC[N+](C)(C)C)C(=O)[O-]. The maximum atomic E-state index is 13.0. The molecule has 0 amide bonds. The summed E-state index contributed by atoms with van der Waals surface area (Å²) in [5.41, 5.74) is 0. The van der Waals surface area contributed by atoms with Crippen molar-refractivity contribution in [1.29, 1.82) is 0 Å². The number of esters is 2. The fourth-order valence-corrected chi connectivity index (χ4v) is 10.2. The number of likely N-dealkylation sites (N-methyl/N-ethyl adjacent to an activating group) is 1. The second kappa shape index (κ2) is 74.4. The van der Waals surface area contributed by atoms with E-state index in [0.29, 0.717) is 17.4 Å². The van der Waals surface area contributed by atoms with Gasteiger partial charge in [-0.05, 0) is 128 Å². The topological polar surface area (TPSA) is 111 Å². The van der Waals surface area contributed by atoms with E-state index in [1.165, 1.54) is 122 Å². The number of rotatable bonds is 69. The molecule has 9 heteroatoms. The van der Waals surface area contributed by atoms with Gasteiger partial charge in [-0.2, -0.15) is 0 Å². The van der Waals surface area contributed by atoms with Crippen LogP contribution in [0.15, 0.2) is 170 Å². The summed E-state index contributed by atoms with van der Waals surface area (Å²) >= 11 is 0. The van der Waals surface area contributed by atoms with Crippen molar-refractivity contribution in [3.8, 4) is 0 Å². The van der Waals surface area contributed by atoms with E-state index in [2.05, 4.69) is 184 Å². The Kier molecular flexibility index (Phi) is 70.2. The highest BCUT2D eigenvalue weighted by molar-refractivity contribution is 5.70. The molecule has 0 aromatic carbocycles. The van der Waals surface area contributed by atoms with Crippen molar-refractivity contribution in [3.05, 3.63) is 170 Å². The zero-order valence-electron chi connectivity index (χ0n) is 61.5. The predicted molar refractivity (Wildman–Crippen MR) is 407 cm³/mol. The Morgan fingerprint density at radius 3 is 0.842 bits per heavy atom. The number of aliphatic carboxylic acids is 1. The van der Waals surface area contributed by atoms with Crippen LogP contribution in [0.25, 0.3) is 0 Å². The van der Waals surface area contributed by atoms with Crippen molar-refractivity contribution in [2.75, 3.05) is 47.5 Å². The number of carbonyl (C=O) groups is 3. The second-order valence-electron chi connectivity index (χ2n) is 26.2. The van der Waals surface area contributed by atoms with Crippen LogP contribution in [0, 0.1) is 0 Å². The van der Waals surface area contributed by atoms with Gasteiger partial charge in [0.1, 0.15) is 13.2 Å². The van der Waals surface area contributed by atoms with E-state index in [-0.39, 0.29) is 38.6 Å². The van der Waals surface area contributed by atoms with Gasteiger partial charge in [-0.15, -0.1) is 0 Å². The molecule has 0 saturated carbocycles. The van der Waals surface area contributed by atoms with Crippen molar-refractivity contribution in [2.45, 2.75) is 309 Å². The smallest absolute Gasteiger partial charge is 0.306 e. The van der Waals surface area contributed by atoms with E-state index in [9.17, 15) is 19.5 Å². The van der Waals surface area contributed by atoms with Gasteiger partial charge in [0.2, 0.25) is 0 Å². The van der Waals surface area contributed by atoms with Gasteiger partial charge in [-0.25, -0.2) is 0 Å². The molecule has 0 bridgehead atoms. The van der Waals surface area contributed by atoms with E-state index in [4.69, 9.17) is 18.9 Å². The molecule has 0 aliphatic carbocycles. The monoisotopic (exact) mass is 1320 g/mol. The van der Waals surface area contributed by atoms with Crippen LogP contribution in [0.5, 0.6) is 0 Å². The van der Waals surface area contributed by atoms with E-state index in [1.807, 2.05) is 21.1 Å². The summed E-state index contributed by atoms with van der Waals surface area (Å²) in [7, 11) is 5.92. The lowest BCUT2D eigenvalue weighted by molar-refractivity contribution is -0.870. The number of carboxylic acid groups (broad SMARTS) is 1. The third kappa shape index (κ3) is 75.9. The first kappa shape index (κ1) is 89.6. The third-order valence-corrected chi connectivity index (χ3v) is 16.0. The number of unbranched alkanes of at least 4 members (excludes halogenated alkanes) is 26. The molecule has 0 aromatic heterocycles. The van der Waals surface area contributed by atoms with Crippen LogP contribution in [-0.4, -0.2) is 82.3 Å². The van der Waals surface area contributed by atoms with Crippen LogP contribution in [0.3, 0.4) is 0 Å². The van der Waals surface area contributed by atoms with Crippen LogP contribution >= 0.6 is 0 Å². The number of carboxylic acids is 1. The third-order valence-electron chi connectivity index (χ3n) is 16.0. The van der Waals surface area contributed by atoms with Crippen molar-refractivity contribution in [3.63, 3.8) is 0 Å². The summed E-state index contributed by atoms with van der Waals surface area (Å²) in [4.78, 5) is 37.6. The fraction of sp³-hybridized carbons (Fsp3) is 0.640. The number of allylic oxidation sites excluding steroid dienone is 28. The lowest BCUT2D eigenvalue weighted by Crippen LogP contribution is -2.44. The normalized spacial score (nSPS) is 13.7. The van der Waals surface area contributed by atoms with Gasteiger partial charge in [0.15, 0.2) is 12.4 Å². The largest absolute Gasteiger partial charge is 0.545 e. The van der Waals surface area contributed by atoms with Crippen LogP contribution in [0.4, 0.5) is 0 Å². The first-order chi connectivity index (χ1) is 46.6. The summed E-state index contributed by atoms with van der Waals surface area (Å²) in [5, 5.41) is 11.9. The molecule has 0 saturated heterocycles. The highest BCUT2D eigenvalue weighted by Crippen LogP contribution is 2.17. The zero-order chi connectivity index (χ0) is 69.0. The Balaban J connectivity index is 4.09. The first-order valence-electron chi connectivity index (χ1n) is 38.3. The van der Waals surface area contributed by atoms with Crippen molar-refractivity contribution in [2.24, 2.45) is 0 Å². The highest BCUT2D eigenvalue weighted by atomic mass is 16.7. The van der Waals surface area contributed by atoms with E-state index >= 15 is 0 Å². The van der Waals surface area contributed by atoms with Crippen LogP contribution in [0.1, 0.15) is 296 Å². The van der Waals surface area contributed by atoms with Crippen LogP contribution in [-0.2, 0) is 33.3 Å². The van der Waals surface area contributed by atoms with Crippen molar-refractivity contribution < 1.29 is 42.9 Å². The number of carbonyl (C=O) groups excluding carboxylic acids is 3. The molecule has 0 fully saturated rings. The zero-order valence-corrected chi connectivity index (χ0v) is 61.5. The van der Waals surface area contributed by atoms with E-state index in [1.54, 1.807) is 0 Å². The lowest BCUT2D eigenvalue weighted by atomic mass is 10.0. The Labute approximate surface area is 584 Å². The lowest BCUT2D eigenvalue weighted by Gasteiger charge is -2.26. The molecule has 0 aliphatic rings. The first-order valence-corrected chi connectivity index (χ1v) is 38.3. The fourth-order valence-electron chi connectivity index (χ4n) is 10.2. The predicted octanol–water partition coefficient (Wildman–Crippen LogP) is 23.2. The summed E-state index contributed by atoms with van der Waals surface area (Å²) in [6.45, 7) is 4.51. The molecular weight excluding hydrogens is 1170 g/mol. The molecule has 2 atom stereocenters. The number of hydrogen-bond acceptors (Lipinski definition) is 8. The molecule has 0 heterocycles. The minimum atomic E-state index is -1.63. The summed E-state index contributed by atoms with van der Waals surface area (Å²) < 4.78 is 22.8.